The maximum absolute atomic E-state index is 12.4. The van der Waals surface area contributed by atoms with Crippen molar-refractivity contribution in [3.63, 3.8) is 0 Å². The van der Waals surface area contributed by atoms with E-state index in [1.807, 2.05) is 0 Å². The Morgan fingerprint density at radius 2 is 1.86 bits per heavy atom. The molecule has 1 aromatic carbocycles. The molecule has 0 radical (unpaired) electrons. The van der Waals surface area contributed by atoms with Crippen LogP contribution in [0.2, 0.25) is 5.02 Å². The number of amides is 2. The standard InChI is InChI=1S/C15H15ClN2O3S/c1-15(2,21-10-5-3-9(16)4-6-10)14(20)18-13-11(12(17)19)7-8-22-13/h3-8H,1-2H3,(H2,17,19)(H,18,20). The van der Waals surface area contributed by atoms with Crippen LogP contribution < -0.4 is 15.8 Å². The maximum atomic E-state index is 12.4. The molecule has 3 N–H and O–H groups in total. The summed E-state index contributed by atoms with van der Waals surface area (Å²) in [5.74, 6) is -0.453. The molecule has 0 aliphatic rings. The fourth-order valence-electron chi connectivity index (χ4n) is 1.70. The average Bonchev–Trinajstić information content (AvgIpc) is 2.89. The normalized spacial score (nSPS) is 11.0. The Labute approximate surface area is 137 Å². The number of halogens is 1. The van der Waals surface area contributed by atoms with Gasteiger partial charge in [0.05, 0.1) is 5.56 Å². The van der Waals surface area contributed by atoms with Crippen LogP contribution in [0.4, 0.5) is 5.00 Å². The van der Waals surface area contributed by atoms with E-state index in [2.05, 4.69) is 5.32 Å². The topological polar surface area (TPSA) is 81.4 Å². The monoisotopic (exact) mass is 338 g/mol. The van der Waals surface area contributed by atoms with Crippen molar-refractivity contribution >= 4 is 39.8 Å². The van der Waals surface area contributed by atoms with Crippen molar-refractivity contribution in [1.82, 2.24) is 0 Å². The molecule has 0 saturated carbocycles. The number of rotatable bonds is 5. The number of anilines is 1. The molecule has 0 spiro atoms. The van der Waals surface area contributed by atoms with Crippen molar-refractivity contribution in [2.75, 3.05) is 5.32 Å². The number of primary amides is 1. The first-order valence-corrected chi connectivity index (χ1v) is 7.68. The van der Waals surface area contributed by atoms with E-state index in [4.69, 9.17) is 22.1 Å². The van der Waals surface area contributed by atoms with E-state index in [9.17, 15) is 9.59 Å². The highest BCUT2D eigenvalue weighted by Crippen LogP contribution is 2.26. The van der Waals surface area contributed by atoms with E-state index in [1.165, 1.54) is 11.3 Å². The van der Waals surface area contributed by atoms with E-state index in [0.717, 1.165) is 0 Å². The lowest BCUT2D eigenvalue weighted by atomic mass is 10.1. The molecule has 2 rings (SSSR count). The minimum Gasteiger partial charge on any atom is -0.478 e. The van der Waals surface area contributed by atoms with Crippen LogP contribution in [-0.4, -0.2) is 17.4 Å². The minimum atomic E-state index is -1.13. The number of hydrogen-bond donors (Lipinski definition) is 2. The van der Waals surface area contributed by atoms with Crippen molar-refractivity contribution < 1.29 is 14.3 Å². The number of benzene rings is 1. The number of ether oxygens (including phenoxy) is 1. The molecule has 5 nitrogen and oxygen atoms in total. The van der Waals surface area contributed by atoms with Crippen LogP contribution in [-0.2, 0) is 4.79 Å². The summed E-state index contributed by atoms with van der Waals surface area (Å²) < 4.78 is 5.69. The fourth-order valence-corrected chi connectivity index (χ4v) is 2.61. The largest absolute Gasteiger partial charge is 0.478 e. The Balaban J connectivity index is 2.11. The van der Waals surface area contributed by atoms with Crippen molar-refractivity contribution in [3.8, 4) is 5.75 Å². The van der Waals surface area contributed by atoms with E-state index in [-0.39, 0.29) is 11.5 Å². The van der Waals surface area contributed by atoms with Crippen LogP contribution >= 0.6 is 22.9 Å². The highest BCUT2D eigenvalue weighted by molar-refractivity contribution is 7.14. The molecule has 2 aromatic rings. The predicted molar refractivity (Wildman–Crippen MR) is 87.6 cm³/mol. The number of nitrogens with two attached hydrogens (primary N) is 1. The third kappa shape index (κ3) is 3.78. The van der Waals surface area contributed by atoms with Crippen LogP contribution in [0.5, 0.6) is 5.75 Å². The molecule has 0 atom stereocenters. The van der Waals surface area contributed by atoms with Crippen molar-refractivity contribution in [1.29, 1.82) is 0 Å². The van der Waals surface area contributed by atoms with Gasteiger partial charge in [0.15, 0.2) is 5.60 Å². The second-order valence-corrected chi connectivity index (χ2v) is 6.40. The maximum Gasteiger partial charge on any atom is 0.268 e. The van der Waals surface area contributed by atoms with Gasteiger partial charge < -0.3 is 15.8 Å². The molecule has 0 unspecified atom stereocenters. The van der Waals surface area contributed by atoms with Gasteiger partial charge >= 0.3 is 0 Å². The molecule has 22 heavy (non-hydrogen) atoms. The summed E-state index contributed by atoms with van der Waals surface area (Å²) in [5, 5.41) is 5.35. The predicted octanol–water partition coefficient (Wildman–Crippen LogP) is 3.30. The van der Waals surface area contributed by atoms with Gasteiger partial charge in [-0.1, -0.05) is 11.6 Å². The molecule has 0 fully saturated rings. The number of carbonyl (C=O) groups excluding carboxylic acids is 2. The second kappa shape index (κ2) is 6.37. The Kier molecular flexibility index (Phi) is 4.73. The molecular weight excluding hydrogens is 324 g/mol. The third-order valence-corrected chi connectivity index (χ3v) is 3.97. The van der Waals surface area contributed by atoms with Gasteiger partial charge in [0, 0.05) is 5.02 Å². The SMILES string of the molecule is CC(C)(Oc1ccc(Cl)cc1)C(=O)Nc1sccc1C(N)=O. The van der Waals surface area contributed by atoms with Gasteiger partial charge in [-0.25, -0.2) is 0 Å². The van der Waals surface area contributed by atoms with Crippen LogP contribution in [0.15, 0.2) is 35.7 Å². The summed E-state index contributed by atoms with van der Waals surface area (Å²) in [6.45, 7) is 3.27. The summed E-state index contributed by atoms with van der Waals surface area (Å²) in [5.41, 5.74) is 4.40. The number of hydrogen-bond acceptors (Lipinski definition) is 4. The van der Waals surface area contributed by atoms with E-state index in [1.54, 1.807) is 49.6 Å². The van der Waals surface area contributed by atoms with Gasteiger partial charge in [0.2, 0.25) is 0 Å². The Morgan fingerprint density at radius 1 is 1.23 bits per heavy atom. The zero-order valence-corrected chi connectivity index (χ0v) is 13.6. The third-order valence-electron chi connectivity index (χ3n) is 2.89. The molecule has 0 aliphatic carbocycles. The molecule has 1 heterocycles. The molecule has 0 aliphatic heterocycles. The fraction of sp³-hybridized carbons (Fsp3) is 0.200. The lowest BCUT2D eigenvalue weighted by molar-refractivity contribution is -0.128. The lowest BCUT2D eigenvalue weighted by Gasteiger charge is -2.25. The molecule has 0 saturated heterocycles. The second-order valence-electron chi connectivity index (χ2n) is 5.05. The van der Waals surface area contributed by atoms with Crippen molar-refractivity contribution in [2.45, 2.75) is 19.4 Å². The molecule has 7 heteroatoms. The van der Waals surface area contributed by atoms with Gasteiger partial charge in [-0.05, 0) is 49.6 Å². The number of thiophene rings is 1. The minimum absolute atomic E-state index is 0.278. The van der Waals surface area contributed by atoms with Crippen LogP contribution in [0.1, 0.15) is 24.2 Å². The highest BCUT2D eigenvalue weighted by atomic mass is 35.5. The summed E-state index contributed by atoms with van der Waals surface area (Å²) in [6, 6.07) is 8.27. The molecule has 116 valence electrons. The Bertz CT molecular complexity index is 695. The van der Waals surface area contributed by atoms with Crippen LogP contribution in [0.25, 0.3) is 0 Å². The first-order chi connectivity index (χ1) is 10.3. The lowest BCUT2D eigenvalue weighted by Crippen LogP contribution is -2.42. The van der Waals surface area contributed by atoms with Crippen LogP contribution in [0, 0.1) is 0 Å². The first-order valence-electron chi connectivity index (χ1n) is 6.43. The molecule has 1 aromatic heterocycles. The van der Waals surface area contributed by atoms with E-state index >= 15 is 0 Å². The summed E-state index contributed by atoms with van der Waals surface area (Å²) in [4.78, 5) is 23.6. The zero-order valence-electron chi connectivity index (χ0n) is 12.1. The van der Waals surface area contributed by atoms with Gasteiger partial charge in [-0.2, -0.15) is 0 Å². The number of nitrogens with one attached hydrogen (secondary N) is 1. The molecular formula is C15H15ClN2O3S. The highest BCUT2D eigenvalue weighted by Gasteiger charge is 2.31. The zero-order chi connectivity index (χ0) is 16.3. The van der Waals surface area contributed by atoms with Crippen molar-refractivity contribution in [3.05, 3.63) is 46.3 Å². The van der Waals surface area contributed by atoms with Gasteiger partial charge in [0.1, 0.15) is 10.8 Å². The van der Waals surface area contributed by atoms with Crippen LogP contribution in [0.3, 0.4) is 0 Å². The quantitative estimate of drug-likeness (QED) is 0.877. The Hall–Kier alpha value is -2.05. The summed E-state index contributed by atoms with van der Waals surface area (Å²) in [7, 11) is 0. The van der Waals surface area contributed by atoms with Gasteiger partial charge in [-0.3, -0.25) is 9.59 Å². The smallest absolute Gasteiger partial charge is 0.268 e. The van der Waals surface area contributed by atoms with Crippen molar-refractivity contribution in [2.24, 2.45) is 5.73 Å². The van der Waals surface area contributed by atoms with E-state index in [0.29, 0.717) is 15.8 Å². The summed E-state index contributed by atoms with van der Waals surface area (Å²) in [6.07, 6.45) is 0. The van der Waals surface area contributed by atoms with E-state index < -0.39 is 11.5 Å². The van der Waals surface area contributed by atoms with Gasteiger partial charge in [-0.15, -0.1) is 11.3 Å². The molecule has 0 bridgehead atoms. The first kappa shape index (κ1) is 16.3. The summed E-state index contributed by atoms with van der Waals surface area (Å²) >= 11 is 7.03. The molecule has 2 amide bonds. The van der Waals surface area contributed by atoms with Gasteiger partial charge in [0.25, 0.3) is 11.8 Å². The average molecular weight is 339 g/mol. The number of carbonyl (C=O) groups is 2. The Morgan fingerprint density at radius 3 is 2.45 bits per heavy atom.